The number of carbonyl (C=O) groups is 1. The van der Waals surface area contributed by atoms with Gasteiger partial charge in [-0.2, -0.15) is 4.31 Å². The van der Waals surface area contributed by atoms with Crippen molar-refractivity contribution in [1.29, 1.82) is 0 Å². The highest BCUT2D eigenvalue weighted by molar-refractivity contribution is 7.89. The predicted molar refractivity (Wildman–Crippen MR) is 98.9 cm³/mol. The van der Waals surface area contributed by atoms with E-state index in [0.29, 0.717) is 19.1 Å². The fourth-order valence-corrected chi connectivity index (χ4v) is 4.20. The lowest BCUT2D eigenvalue weighted by molar-refractivity contribution is -0.132. The van der Waals surface area contributed by atoms with E-state index in [2.05, 4.69) is 19.2 Å². The molecule has 1 aliphatic heterocycles. The molecule has 7 heteroatoms. The first-order valence-corrected chi connectivity index (χ1v) is 10.2. The second-order valence-electron chi connectivity index (χ2n) is 7.07. The molecule has 1 saturated heterocycles. The van der Waals surface area contributed by atoms with Crippen LogP contribution < -0.4 is 5.32 Å². The molecule has 1 N–H and O–H groups in total. The highest BCUT2D eigenvalue weighted by Gasteiger charge is 2.28. The van der Waals surface area contributed by atoms with Gasteiger partial charge in [0.15, 0.2) is 0 Å². The minimum absolute atomic E-state index is 0.134. The van der Waals surface area contributed by atoms with Crippen LogP contribution in [0, 0.1) is 6.92 Å². The summed E-state index contributed by atoms with van der Waals surface area (Å²) in [5.41, 5.74) is 0.995. The van der Waals surface area contributed by atoms with Crippen molar-refractivity contribution >= 4 is 15.9 Å². The topological polar surface area (TPSA) is 69.7 Å². The van der Waals surface area contributed by atoms with Crippen LogP contribution in [0.1, 0.15) is 32.3 Å². The largest absolute Gasteiger partial charge is 0.340 e. The number of likely N-dealkylation sites (N-methyl/N-ethyl adjacent to an activating group) is 1. The van der Waals surface area contributed by atoms with Crippen molar-refractivity contribution < 1.29 is 13.2 Å². The summed E-state index contributed by atoms with van der Waals surface area (Å²) < 4.78 is 26.4. The van der Waals surface area contributed by atoms with Crippen LogP contribution in [0.5, 0.6) is 0 Å². The van der Waals surface area contributed by atoms with E-state index in [9.17, 15) is 13.2 Å². The first-order valence-electron chi connectivity index (χ1n) is 8.77. The van der Waals surface area contributed by atoms with Gasteiger partial charge < -0.3 is 10.2 Å². The molecule has 0 bridgehead atoms. The van der Waals surface area contributed by atoms with Gasteiger partial charge in [-0.15, -0.1) is 0 Å². The van der Waals surface area contributed by atoms with Crippen LogP contribution in [0.3, 0.4) is 0 Å². The van der Waals surface area contributed by atoms with Crippen LogP contribution in [-0.2, 0) is 14.8 Å². The summed E-state index contributed by atoms with van der Waals surface area (Å²) in [5.74, 6) is -0.145. The van der Waals surface area contributed by atoms with Gasteiger partial charge in [-0.1, -0.05) is 31.5 Å². The Morgan fingerprint density at radius 1 is 1.32 bits per heavy atom. The molecular formula is C18H29N3O3S. The number of piperidine rings is 1. The third kappa shape index (κ3) is 5.26. The van der Waals surface area contributed by atoms with Gasteiger partial charge >= 0.3 is 0 Å². The number of benzene rings is 1. The normalized spacial score (nSPS) is 18.8. The third-order valence-corrected chi connectivity index (χ3v) is 6.25. The second-order valence-corrected chi connectivity index (χ2v) is 9.12. The van der Waals surface area contributed by atoms with Gasteiger partial charge in [0.05, 0.1) is 11.4 Å². The molecule has 25 heavy (non-hydrogen) atoms. The molecule has 1 fully saturated rings. The summed E-state index contributed by atoms with van der Waals surface area (Å²) >= 11 is 0. The SMILES string of the molecule is Cc1ccc(S(=O)(=O)N(C)CC(=O)N2CCCC(NC(C)C)C2)cc1. The highest BCUT2D eigenvalue weighted by Crippen LogP contribution is 2.16. The van der Waals surface area contributed by atoms with Crippen molar-refractivity contribution in [2.75, 3.05) is 26.7 Å². The van der Waals surface area contributed by atoms with Crippen molar-refractivity contribution in [1.82, 2.24) is 14.5 Å². The van der Waals surface area contributed by atoms with E-state index in [1.54, 1.807) is 29.2 Å². The molecule has 0 aromatic heterocycles. The lowest BCUT2D eigenvalue weighted by atomic mass is 10.0. The molecule has 0 spiro atoms. The van der Waals surface area contributed by atoms with E-state index in [0.717, 1.165) is 22.7 Å². The smallest absolute Gasteiger partial charge is 0.243 e. The van der Waals surface area contributed by atoms with Crippen LogP contribution in [0.2, 0.25) is 0 Å². The number of likely N-dealkylation sites (tertiary alicyclic amines) is 1. The van der Waals surface area contributed by atoms with Crippen molar-refractivity contribution in [3.8, 4) is 0 Å². The Labute approximate surface area is 151 Å². The van der Waals surface area contributed by atoms with Gasteiger partial charge in [0.2, 0.25) is 15.9 Å². The Kier molecular flexibility index (Phi) is 6.59. The summed E-state index contributed by atoms with van der Waals surface area (Å²) in [5, 5.41) is 3.46. The fraction of sp³-hybridized carbons (Fsp3) is 0.611. The first-order chi connectivity index (χ1) is 11.7. The average molecular weight is 368 g/mol. The molecule has 1 amide bonds. The summed E-state index contributed by atoms with van der Waals surface area (Å²) in [4.78, 5) is 14.5. The molecule has 2 rings (SSSR count). The van der Waals surface area contributed by atoms with E-state index in [1.807, 2.05) is 6.92 Å². The van der Waals surface area contributed by atoms with Gasteiger partial charge in [0.25, 0.3) is 0 Å². The number of hydrogen-bond acceptors (Lipinski definition) is 4. The van der Waals surface area contributed by atoms with Gasteiger partial charge in [0, 0.05) is 32.2 Å². The Balaban J connectivity index is 2.00. The van der Waals surface area contributed by atoms with E-state index < -0.39 is 10.0 Å². The van der Waals surface area contributed by atoms with E-state index >= 15 is 0 Å². The van der Waals surface area contributed by atoms with Gasteiger partial charge in [-0.25, -0.2) is 8.42 Å². The van der Waals surface area contributed by atoms with E-state index in [-0.39, 0.29) is 23.4 Å². The van der Waals surface area contributed by atoms with Crippen molar-refractivity contribution in [3.05, 3.63) is 29.8 Å². The molecule has 1 atom stereocenters. The monoisotopic (exact) mass is 367 g/mol. The molecule has 1 aromatic rings. The second kappa shape index (κ2) is 8.29. The maximum absolute atomic E-state index is 12.6. The summed E-state index contributed by atoms with van der Waals surface area (Å²) in [6.07, 6.45) is 1.98. The summed E-state index contributed by atoms with van der Waals surface area (Å²) in [6, 6.07) is 7.32. The number of amides is 1. The number of nitrogens with one attached hydrogen (secondary N) is 1. The predicted octanol–water partition coefficient (Wildman–Crippen LogP) is 1.60. The number of rotatable bonds is 6. The maximum atomic E-state index is 12.6. The molecule has 1 aliphatic rings. The summed E-state index contributed by atoms with van der Waals surface area (Å²) in [6.45, 7) is 7.26. The van der Waals surface area contributed by atoms with Crippen molar-refractivity contribution in [3.63, 3.8) is 0 Å². The van der Waals surface area contributed by atoms with Crippen LogP contribution in [0.15, 0.2) is 29.2 Å². The third-order valence-electron chi connectivity index (χ3n) is 4.43. The fourth-order valence-electron chi connectivity index (χ4n) is 3.08. The van der Waals surface area contributed by atoms with E-state index in [1.165, 1.54) is 7.05 Å². The van der Waals surface area contributed by atoms with Crippen molar-refractivity contribution in [2.24, 2.45) is 0 Å². The minimum atomic E-state index is -3.65. The van der Waals surface area contributed by atoms with E-state index in [4.69, 9.17) is 0 Å². The number of nitrogens with zero attached hydrogens (tertiary/aromatic N) is 2. The summed E-state index contributed by atoms with van der Waals surface area (Å²) in [7, 11) is -2.19. The zero-order chi connectivity index (χ0) is 18.6. The molecule has 1 heterocycles. The molecule has 140 valence electrons. The number of hydrogen-bond donors (Lipinski definition) is 1. The number of carbonyl (C=O) groups excluding carboxylic acids is 1. The number of aryl methyl sites for hydroxylation is 1. The van der Waals surface area contributed by atoms with Crippen LogP contribution in [-0.4, -0.2) is 62.3 Å². The quantitative estimate of drug-likeness (QED) is 0.829. The molecule has 0 aliphatic carbocycles. The molecule has 1 aromatic carbocycles. The molecule has 0 radical (unpaired) electrons. The highest BCUT2D eigenvalue weighted by atomic mass is 32.2. The van der Waals surface area contributed by atoms with Gasteiger partial charge in [-0.3, -0.25) is 4.79 Å². The standard InChI is InChI=1S/C18H29N3O3S/c1-14(2)19-16-6-5-11-21(12-16)18(22)13-20(4)25(23,24)17-9-7-15(3)8-10-17/h7-10,14,16,19H,5-6,11-13H2,1-4H3. The maximum Gasteiger partial charge on any atom is 0.243 e. The molecular weight excluding hydrogens is 338 g/mol. The van der Waals surface area contributed by atoms with Crippen LogP contribution >= 0.6 is 0 Å². The Morgan fingerprint density at radius 2 is 1.96 bits per heavy atom. The van der Waals surface area contributed by atoms with Crippen molar-refractivity contribution in [2.45, 2.75) is 50.6 Å². The lowest BCUT2D eigenvalue weighted by Gasteiger charge is -2.35. The Hall–Kier alpha value is -1.44. The number of sulfonamides is 1. The zero-order valence-electron chi connectivity index (χ0n) is 15.5. The Bertz CT molecular complexity index is 686. The molecule has 0 saturated carbocycles. The van der Waals surface area contributed by atoms with Crippen LogP contribution in [0.4, 0.5) is 0 Å². The van der Waals surface area contributed by atoms with Gasteiger partial charge in [-0.05, 0) is 31.9 Å². The molecule has 1 unspecified atom stereocenters. The minimum Gasteiger partial charge on any atom is -0.340 e. The lowest BCUT2D eigenvalue weighted by Crippen LogP contribution is -2.51. The van der Waals surface area contributed by atoms with Crippen LogP contribution in [0.25, 0.3) is 0 Å². The Morgan fingerprint density at radius 3 is 2.56 bits per heavy atom. The van der Waals surface area contributed by atoms with Gasteiger partial charge in [0.1, 0.15) is 0 Å². The first kappa shape index (κ1) is 19.9. The zero-order valence-corrected chi connectivity index (χ0v) is 16.3. The molecule has 6 nitrogen and oxygen atoms in total. The average Bonchev–Trinajstić information content (AvgIpc) is 2.54.